The van der Waals surface area contributed by atoms with E-state index >= 15 is 0 Å². The molecule has 27 heavy (non-hydrogen) atoms. The Kier molecular flexibility index (Phi) is 5.29. The molecule has 0 bridgehead atoms. The summed E-state index contributed by atoms with van der Waals surface area (Å²) in [6, 6.07) is 6.69. The number of piperidine rings is 1. The van der Waals surface area contributed by atoms with Crippen LogP contribution in [0.1, 0.15) is 45.5 Å². The summed E-state index contributed by atoms with van der Waals surface area (Å²) in [5.74, 6) is -2.52. The molecule has 1 saturated heterocycles. The van der Waals surface area contributed by atoms with Crippen LogP contribution in [-0.4, -0.2) is 39.0 Å². The molecule has 1 unspecified atom stereocenters. The van der Waals surface area contributed by atoms with Crippen molar-refractivity contribution in [3.05, 3.63) is 40.8 Å². The normalized spacial score (nSPS) is 19.8. The zero-order chi connectivity index (χ0) is 19.8. The monoisotopic (exact) mass is 441 g/mol. The molecule has 1 amide bonds. The number of nitrogens with one attached hydrogen (secondary N) is 1. The molecule has 1 fully saturated rings. The molecule has 1 aromatic carbocycles. The van der Waals surface area contributed by atoms with Gasteiger partial charge in [-0.3, -0.25) is 4.90 Å². The number of aromatic amines is 1. The molecule has 0 aliphatic carbocycles. The molecule has 1 aromatic heterocycles. The highest BCUT2D eigenvalue weighted by Crippen LogP contribution is 2.40. The molecule has 8 heteroatoms. The first-order valence-electron chi connectivity index (χ1n) is 8.72. The van der Waals surface area contributed by atoms with Gasteiger partial charge < -0.3 is 9.72 Å². The highest BCUT2D eigenvalue weighted by molar-refractivity contribution is 9.10. The molecular weight excluding hydrogens is 420 g/mol. The summed E-state index contributed by atoms with van der Waals surface area (Å²) in [5.41, 5.74) is 0.881. The van der Waals surface area contributed by atoms with E-state index in [9.17, 15) is 13.6 Å². The van der Waals surface area contributed by atoms with E-state index in [1.54, 1.807) is 27.0 Å². The molecule has 3 rings (SSSR count). The molecule has 0 spiro atoms. The van der Waals surface area contributed by atoms with Crippen molar-refractivity contribution < 1.29 is 18.3 Å². The summed E-state index contributed by atoms with van der Waals surface area (Å²) in [6.07, 6.45) is 0.116. The molecule has 146 valence electrons. The Morgan fingerprint density at radius 3 is 2.63 bits per heavy atom. The van der Waals surface area contributed by atoms with Crippen LogP contribution in [0.15, 0.2) is 34.9 Å². The van der Waals surface area contributed by atoms with Gasteiger partial charge in [0.25, 0.3) is 5.92 Å². The summed E-state index contributed by atoms with van der Waals surface area (Å²) in [4.78, 5) is 21.3. The first-order valence-corrected chi connectivity index (χ1v) is 9.52. The molecular formula is C19H22BrF2N3O2. The third-order valence-corrected chi connectivity index (χ3v) is 4.81. The Hall–Kier alpha value is -1.96. The van der Waals surface area contributed by atoms with Crippen LogP contribution in [-0.2, 0) is 4.74 Å². The first kappa shape index (κ1) is 19.8. The minimum Gasteiger partial charge on any atom is -0.444 e. The molecule has 2 aromatic rings. The average Bonchev–Trinajstić information content (AvgIpc) is 3.02. The van der Waals surface area contributed by atoms with Crippen LogP contribution in [0.25, 0.3) is 11.3 Å². The Bertz CT molecular complexity index is 815. The largest absolute Gasteiger partial charge is 0.444 e. The molecule has 1 aliphatic heterocycles. The Morgan fingerprint density at radius 1 is 1.33 bits per heavy atom. The summed E-state index contributed by atoms with van der Waals surface area (Å²) in [7, 11) is 0. The van der Waals surface area contributed by atoms with E-state index in [4.69, 9.17) is 4.74 Å². The Labute approximate surface area is 165 Å². The van der Waals surface area contributed by atoms with Crippen LogP contribution in [0.2, 0.25) is 0 Å². The average molecular weight is 442 g/mol. The second kappa shape index (κ2) is 7.22. The lowest BCUT2D eigenvalue weighted by Gasteiger charge is -2.38. The van der Waals surface area contributed by atoms with Gasteiger partial charge >= 0.3 is 6.09 Å². The predicted molar refractivity (Wildman–Crippen MR) is 102 cm³/mol. The number of likely N-dealkylation sites (tertiary alicyclic amines) is 1. The van der Waals surface area contributed by atoms with Crippen molar-refractivity contribution in [3.63, 3.8) is 0 Å². The lowest BCUT2D eigenvalue weighted by atomic mass is 9.98. The van der Waals surface area contributed by atoms with E-state index in [1.165, 1.54) is 4.90 Å². The van der Waals surface area contributed by atoms with Crippen molar-refractivity contribution in [2.45, 2.75) is 51.2 Å². The molecule has 1 N–H and O–H groups in total. The number of amides is 1. The number of hydrogen-bond donors (Lipinski definition) is 1. The number of alkyl halides is 2. The predicted octanol–water partition coefficient (Wildman–Crippen LogP) is 5.55. The van der Waals surface area contributed by atoms with Gasteiger partial charge in [0.1, 0.15) is 11.4 Å². The first-order chi connectivity index (χ1) is 12.5. The zero-order valence-electron chi connectivity index (χ0n) is 15.4. The maximum Gasteiger partial charge on any atom is 0.410 e. The summed E-state index contributed by atoms with van der Waals surface area (Å²) in [5, 5.41) is 0. The standard InChI is InChI=1S/C19H22BrF2N3O2/c1-18(2,3)27-17(26)25-9-8-19(21,22)10-15(25)16-23-11-14(24-16)12-4-6-13(20)7-5-12/h4-7,11,15H,8-10H2,1-3H3,(H,23,24). The minimum atomic E-state index is -2.85. The number of halogens is 3. The smallest absolute Gasteiger partial charge is 0.410 e. The second-order valence-electron chi connectivity index (χ2n) is 7.69. The van der Waals surface area contributed by atoms with Gasteiger partial charge in [0.15, 0.2) is 0 Å². The Balaban J connectivity index is 1.88. The van der Waals surface area contributed by atoms with Crippen LogP contribution < -0.4 is 0 Å². The van der Waals surface area contributed by atoms with Crippen molar-refractivity contribution in [2.24, 2.45) is 0 Å². The van der Waals surface area contributed by atoms with Crippen LogP contribution in [0.5, 0.6) is 0 Å². The van der Waals surface area contributed by atoms with Gasteiger partial charge in [-0.25, -0.2) is 18.6 Å². The minimum absolute atomic E-state index is 0.0824. The topological polar surface area (TPSA) is 58.2 Å². The molecule has 0 radical (unpaired) electrons. The quantitative estimate of drug-likeness (QED) is 0.664. The number of ether oxygens (including phenoxy) is 1. The van der Waals surface area contributed by atoms with Gasteiger partial charge in [-0.05, 0) is 38.5 Å². The summed E-state index contributed by atoms with van der Waals surface area (Å²) >= 11 is 3.38. The van der Waals surface area contributed by atoms with Crippen LogP contribution in [0.4, 0.5) is 13.6 Å². The van der Waals surface area contributed by atoms with Gasteiger partial charge in [-0.15, -0.1) is 0 Å². The van der Waals surface area contributed by atoms with Crippen molar-refractivity contribution >= 4 is 22.0 Å². The van der Waals surface area contributed by atoms with E-state index in [0.29, 0.717) is 11.5 Å². The van der Waals surface area contributed by atoms with E-state index in [1.807, 2.05) is 24.3 Å². The number of aromatic nitrogens is 2. The summed E-state index contributed by atoms with van der Waals surface area (Å²) in [6.45, 7) is 5.16. The Morgan fingerprint density at radius 2 is 2.00 bits per heavy atom. The molecule has 5 nitrogen and oxygen atoms in total. The molecule has 1 aliphatic rings. The highest BCUT2D eigenvalue weighted by Gasteiger charge is 2.45. The van der Waals surface area contributed by atoms with E-state index in [-0.39, 0.29) is 13.0 Å². The SMILES string of the molecule is CC(C)(C)OC(=O)N1CCC(F)(F)CC1c1ncc(-c2ccc(Br)cc2)[nH]1. The lowest BCUT2D eigenvalue weighted by molar-refractivity contribution is -0.0822. The number of carbonyl (C=O) groups excluding carboxylic acids is 1. The maximum atomic E-state index is 14.1. The van der Waals surface area contributed by atoms with Gasteiger partial charge in [0, 0.05) is 23.9 Å². The van der Waals surface area contributed by atoms with Crippen molar-refractivity contribution in [3.8, 4) is 11.3 Å². The van der Waals surface area contributed by atoms with Crippen LogP contribution in [0, 0.1) is 0 Å². The molecule has 1 atom stereocenters. The fraction of sp³-hybridized carbons (Fsp3) is 0.474. The van der Waals surface area contributed by atoms with Gasteiger partial charge in [-0.1, -0.05) is 28.1 Å². The number of carbonyl (C=O) groups is 1. The summed E-state index contributed by atoms with van der Waals surface area (Å²) < 4.78 is 34.5. The number of imidazole rings is 1. The van der Waals surface area contributed by atoms with Crippen molar-refractivity contribution in [1.82, 2.24) is 14.9 Å². The zero-order valence-corrected chi connectivity index (χ0v) is 17.0. The van der Waals surface area contributed by atoms with E-state index in [0.717, 1.165) is 10.0 Å². The number of hydrogen-bond acceptors (Lipinski definition) is 3. The number of nitrogens with zero attached hydrogens (tertiary/aromatic N) is 2. The highest BCUT2D eigenvalue weighted by atomic mass is 79.9. The molecule has 0 saturated carbocycles. The molecule has 2 heterocycles. The van der Waals surface area contributed by atoms with E-state index in [2.05, 4.69) is 25.9 Å². The fourth-order valence-corrected chi connectivity index (χ4v) is 3.26. The lowest BCUT2D eigenvalue weighted by Crippen LogP contribution is -2.47. The third-order valence-electron chi connectivity index (χ3n) is 4.28. The van der Waals surface area contributed by atoms with Gasteiger partial charge in [-0.2, -0.15) is 0 Å². The van der Waals surface area contributed by atoms with Crippen molar-refractivity contribution in [2.75, 3.05) is 6.54 Å². The van der Waals surface area contributed by atoms with Crippen molar-refractivity contribution in [1.29, 1.82) is 0 Å². The number of H-pyrrole nitrogens is 1. The van der Waals surface area contributed by atoms with E-state index < -0.39 is 30.1 Å². The number of benzene rings is 1. The van der Waals surface area contributed by atoms with Gasteiger partial charge in [0.2, 0.25) is 0 Å². The third kappa shape index (κ3) is 4.86. The fourth-order valence-electron chi connectivity index (χ4n) is 3.00. The second-order valence-corrected chi connectivity index (χ2v) is 8.60. The number of rotatable bonds is 2. The maximum absolute atomic E-state index is 14.1. The van der Waals surface area contributed by atoms with Crippen LogP contribution >= 0.6 is 15.9 Å². The van der Waals surface area contributed by atoms with Gasteiger partial charge in [0.05, 0.1) is 17.9 Å². The van der Waals surface area contributed by atoms with Crippen LogP contribution in [0.3, 0.4) is 0 Å².